The maximum Gasteiger partial charge on any atom is 0.294 e. The summed E-state index contributed by atoms with van der Waals surface area (Å²) in [7, 11) is -4.52. The Hall–Kier alpha value is -3.64. The standard InChI is InChI=1S/C18H8F3N3O4S/c19-15-13(7-22)17(21)18(14(8-23)16(15)20)24(25)11-3-1-9-2-4-12(29(26,27)28)6-10(9)5-11/h1-6,25H,(H,26,27,28). The lowest BCUT2D eigenvalue weighted by Gasteiger charge is -2.20. The van der Waals surface area contributed by atoms with E-state index in [0.717, 1.165) is 24.3 Å². The average Bonchev–Trinajstić information content (AvgIpc) is 2.68. The van der Waals surface area contributed by atoms with Gasteiger partial charge in [0.2, 0.25) is 0 Å². The first kappa shape index (κ1) is 20.1. The molecule has 3 rings (SSSR count). The first-order valence-corrected chi connectivity index (χ1v) is 9.05. The lowest BCUT2D eigenvalue weighted by Crippen LogP contribution is -2.17. The van der Waals surface area contributed by atoms with Gasteiger partial charge in [-0.25, -0.2) is 18.2 Å². The Kier molecular flexibility index (Phi) is 4.90. The third-order valence-electron chi connectivity index (χ3n) is 4.07. The van der Waals surface area contributed by atoms with Gasteiger partial charge in [0.25, 0.3) is 10.1 Å². The maximum atomic E-state index is 14.5. The van der Waals surface area contributed by atoms with Gasteiger partial charge in [-0.15, -0.1) is 0 Å². The van der Waals surface area contributed by atoms with Crippen molar-refractivity contribution in [1.82, 2.24) is 0 Å². The lowest BCUT2D eigenvalue weighted by molar-refractivity contribution is 0.295. The zero-order chi connectivity index (χ0) is 21.5. The van der Waals surface area contributed by atoms with Gasteiger partial charge in [0, 0.05) is 0 Å². The number of nitriles is 2. The van der Waals surface area contributed by atoms with E-state index in [-0.39, 0.29) is 16.1 Å². The van der Waals surface area contributed by atoms with Crippen LogP contribution in [0.15, 0.2) is 41.3 Å². The highest BCUT2D eigenvalue weighted by molar-refractivity contribution is 7.85. The van der Waals surface area contributed by atoms with Crippen LogP contribution in [0.4, 0.5) is 24.5 Å². The van der Waals surface area contributed by atoms with E-state index in [4.69, 9.17) is 15.1 Å². The molecule has 0 heterocycles. The summed E-state index contributed by atoms with van der Waals surface area (Å²) >= 11 is 0. The Morgan fingerprint density at radius 1 is 0.862 bits per heavy atom. The molecule has 3 aromatic carbocycles. The van der Waals surface area contributed by atoms with Gasteiger partial charge in [-0.2, -0.15) is 18.9 Å². The molecule has 0 unspecified atom stereocenters. The SMILES string of the molecule is N#Cc1c(F)c(F)c(C#N)c(N(O)c2ccc3ccc(S(=O)(=O)O)cc3c2)c1F. The van der Waals surface area contributed by atoms with Crippen LogP contribution in [-0.2, 0) is 10.1 Å². The third kappa shape index (κ3) is 3.34. The van der Waals surface area contributed by atoms with Gasteiger partial charge in [0.1, 0.15) is 29.0 Å². The van der Waals surface area contributed by atoms with Crippen LogP contribution in [0.25, 0.3) is 10.8 Å². The Labute approximate surface area is 161 Å². The van der Waals surface area contributed by atoms with Crippen molar-refractivity contribution in [1.29, 1.82) is 10.5 Å². The fraction of sp³-hybridized carbons (Fsp3) is 0. The van der Waals surface area contributed by atoms with E-state index in [0.29, 0.717) is 5.39 Å². The molecule has 2 N–H and O–H groups in total. The second-order valence-corrected chi connectivity index (χ2v) is 7.17. The van der Waals surface area contributed by atoms with Gasteiger partial charge in [-0.3, -0.25) is 9.76 Å². The quantitative estimate of drug-likeness (QED) is 0.376. The van der Waals surface area contributed by atoms with Crippen molar-refractivity contribution in [2.75, 3.05) is 5.06 Å². The molecule has 3 aromatic rings. The number of nitrogens with zero attached hydrogens (tertiary/aromatic N) is 3. The molecule has 0 saturated carbocycles. The van der Waals surface area contributed by atoms with E-state index < -0.39 is 49.3 Å². The third-order valence-corrected chi connectivity index (χ3v) is 4.92. The molecule has 0 bridgehead atoms. The summed E-state index contributed by atoms with van der Waals surface area (Å²) in [6.07, 6.45) is 0. The summed E-state index contributed by atoms with van der Waals surface area (Å²) in [6, 6.07) is 9.68. The fourth-order valence-electron chi connectivity index (χ4n) is 2.68. The van der Waals surface area contributed by atoms with Gasteiger partial charge in [0.15, 0.2) is 17.5 Å². The number of rotatable bonds is 3. The Morgan fingerprint density at radius 3 is 2.03 bits per heavy atom. The molecule has 146 valence electrons. The molecule has 0 aliphatic heterocycles. The zero-order valence-electron chi connectivity index (χ0n) is 14.1. The second-order valence-electron chi connectivity index (χ2n) is 5.74. The van der Waals surface area contributed by atoms with Gasteiger partial charge in [0.05, 0.1) is 10.6 Å². The highest BCUT2D eigenvalue weighted by Crippen LogP contribution is 2.36. The fourth-order valence-corrected chi connectivity index (χ4v) is 3.20. The molecule has 0 spiro atoms. The summed E-state index contributed by atoms with van der Waals surface area (Å²) in [5, 5.41) is 29.0. The van der Waals surface area contributed by atoms with E-state index in [1.54, 1.807) is 0 Å². The number of halogens is 3. The molecule has 11 heteroatoms. The average molecular weight is 419 g/mol. The monoisotopic (exact) mass is 419 g/mol. The summed E-state index contributed by atoms with van der Waals surface area (Å²) in [4.78, 5) is -0.449. The highest BCUT2D eigenvalue weighted by atomic mass is 32.2. The molecular weight excluding hydrogens is 411 g/mol. The summed E-state index contributed by atoms with van der Waals surface area (Å²) < 4.78 is 74.1. The van der Waals surface area contributed by atoms with Crippen molar-refractivity contribution in [3.05, 3.63) is 65.0 Å². The number of hydrogen-bond donors (Lipinski definition) is 2. The summed E-state index contributed by atoms with van der Waals surface area (Å²) in [5.41, 5.74) is -3.85. The Balaban J connectivity index is 2.25. The Bertz CT molecular complexity index is 1360. The van der Waals surface area contributed by atoms with Crippen molar-refractivity contribution in [2.45, 2.75) is 4.90 Å². The topological polar surface area (TPSA) is 125 Å². The first-order chi connectivity index (χ1) is 13.6. The van der Waals surface area contributed by atoms with Gasteiger partial charge < -0.3 is 0 Å². The molecule has 29 heavy (non-hydrogen) atoms. The molecule has 0 atom stereocenters. The first-order valence-electron chi connectivity index (χ1n) is 7.61. The van der Waals surface area contributed by atoms with Crippen LogP contribution in [0, 0.1) is 40.1 Å². The lowest BCUT2D eigenvalue weighted by atomic mass is 10.1. The van der Waals surface area contributed by atoms with Crippen LogP contribution in [0.5, 0.6) is 0 Å². The molecule has 0 aliphatic rings. The molecule has 0 saturated heterocycles. The molecule has 0 aromatic heterocycles. The van der Waals surface area contributed by atoms with Crippen LogP contribution in [0.2, 0.25) is 0 Å². The van der Waals surface area contributed by atoms with E-state index in [1.165, 1.54) is 24.3 Å². The summed E-state index contributed by atoms with van der Waals surface area (Å²) in [5.74, 6) is -5.33. The van der Waals surface area contributed by atoms with Crippen LogP contribution >= 0.6 is 0 Å². The van der Waals surface area contributed by atoms with Gasteiger partial charge in [-0.05, 0) is 35.0 Å². The van der Waals surface area contributed by atoms with Crippen molar-refractivity contribution in [3.63, 3.8) is 0 Å². The number of anilines is 2. The van der Waals surface area contributed by atoms with Gasteiger partial charge in [-0.1, -0.05) is 12.1 Å². The minimum Gasteiger partial charge on any atom is -0.283 e. The second kappa shape index (κ2) is 7.07. The number of fused-ring (bicyclic) bond motifs is 1. The minimum atomic E-state index is -4.52. The van der Waals surface area contributed by atoms with Crippen molar-refractivity contribution in [3.8, 4) is 12.1 Å². The van der Waals surface area contributed by atoms with Crippen LogP contribution in [0.1, 0.15) is 11.1 Å². The molecule has 7 nitrogen and oxygen atoms in total. The van der Waals surface area contributed by atoms with E-state index in [1.807, 2.05) is 0 Å². The van der Waals surface area contributed by atoms with Crippen molar-refractivity contribution < 1.29 is 31.3 Å². The van der Waals surface area contributed by atoms with Crippen LogP contribution in [-0.4, -0.2) is 18.2 Å². The molecule has 0 fully saturated rings. The molecule has 0 radical (unpaired) electrons. The largest absolute Gasteiger partial charge is 0.294 e. The Morgan fingerprint density at radius 2 is 1.45 bits per heavy atom. The van der Waals surface area contributed by atoms with Crippen molar-refractivity contribution in [2.24, 2.45) is 0 Å². The predicted molar refractivity (Wildman–Crippen MR) is 93.4 cm³/mol. The normalized spacial score (nSPS) is 11.1. The zero-order valence-corrected chi connectivity index (χ0v) is 14.9. The molecule has 0 aliphatic carbocycles. The van der Waals surface area contributed by atoms with E-state index >= 15 is 0 Å². The van der Waals surface area contributed by atoms with Crippen molar-refractivity contribution >= 4 is 32.3 Å². The number of benzene rings is 3. The molecular formula is C18H8F3N3O4S. The molecule has 0 amide bonds. The summed E-state index contributed by atoms with van der Waals surface area (Å²) in [6.45, 7) is 0. The van der Waals surface area contributed by atoms with E-state index in [2.05, 4.69) is 0 Å². The highest BCUT2D eigenvalue weighted by Gasteiger charge is 2.29. The van der Waals surface area contributed by atoms with Crippen LogP contribution in [0.3, 0.4) is 0 Å². The minimum absolute atomic E-state index is 0.0385. The predicted octanol–water partition coefficient (Wildman–Crippen LogP) is 3.77. The number of hydrogen-bond acceptors (Lipinski definition) is 6. The smallest absolute Gasteiger partial charge is 0.283 e. The van der Waals surface area contributed by atoms with Crippen LogP contribution < -0.4 is 5.06 Å². The maximum absolute atomic E-state index is 14.5. The van der Waals surface area contributed by atoms with Gasteiger partial charge >= 0.3 is 0 Å². The van der Waals surface area contributed by atoms with E-state index in [9.17, 15) is 26.8 Å².